The van der Waals surface area contributed by atoms with Crippen LogP contribution in [-0.4, -0.2) is 0 Å². The van der Waals surface area contributed by atoms with Crippen molar-refractivity contribution in [2.24, 2.45) is 0 Å². The smallest absolute Gasteiger partial charge is 0.00143 e. The van der Waals surface area contributed by atoms with Crippen molar-refractivity contribution in [1.29, 1.82) is 0 Å². The van der Waals surface area contributed by atoms with E-state index in [0.29, 0.717) is 0 Å². The first-order valence-corrected chi connectivity index (χ1v) is 25.3. The van der Waals surface area contributed by atoms with Crippen LogP contribution in [0.25, 0.3) is 111 Å². The van der Waals surface area contributed by atoms with Crippen LogP contribution in [0.15, 0.2) is 303 Å². The Morgan fingerprint density at radius 1 is 0.151 bits per heavy atom. The van der Waals surface area contributed by atoms with E-state index >= 15 is 0 Å². The third-order valence-corrected chi connectivity index (χ3v) is 14.1. The van der Waals surface area contributed by atoms with Crippen molar-refractivity contribution in [3.63, 3.8) is 0 Å². The molecule has 0 aliphatic rings. The molecule has 0 bridgehead atoms. The summed E-state index contributed by atoms with van der Waals surface area (Å²) in [4.78, 5) is 0. The quantitative estimate of drug-likeness (QED) is 0.115. The topological polar surface area (TPSA) is 0 Å². The van der Waals surface area contributed by atoms with E-state index < -0.39 is 0 Å². The fourth-order valence-corrected chi connectivity index (χ4v) is 10.8. The van der Waals surface area contributed by atoms with Crippen molar-refractivity contribution < 1.29 is 0 Å². The maximum Gasteiger partial charge on any atom is -0.00143 e. The summed E-state index contributed by atoms with van der Waals surface area (Å²) in [6, 6.07) is 111. The number of hydrogen-bond donors (Lipinski definition) is 0. The lowest BCUT2D eigenvalue weighted by molar-refractivity contribution is 1.19. The standard InChI is InChI=1S/C73H52/c1-9-25-54(26-10-1)64-50-66(70(60-33-17-5-18-34-60)72(62-37-21-7-22-38-62)68(64)58-29-13-3-14-30-58)56-45-41-52(42-46-56)49-53-43-47-57(48-44-53)67-51-65(55-27-11-2-12-28-55)69(59-31-15-4-16-32-59)73(63-39-23-8-24-40-63)71(67)61-35-19-6-20-36-61/h1-48,50-51H,49H2. The highest BCUT2D eigenvalue weighted by Crippen LogP contribution is 2.52. The minimum atomic E-state index is 0.812. The van der Waals surface area contributed by atoms with Crippen LogP contribution in [0.4, 0.5) is 0 Å². The van der Waals surface area contributed by atoms with Gasteiger partial charge in [0.15, 0.2) is 0 Å². The summed E-state index contributed by atoms with van der Waals surface area (Å²) in [6.45, 7) is 0. The van der Waals surface area contributed by atoms with Gasteiger partial charge in [-0.2, -0.15) is 0 Å². The van der Waals surface area contributed by atoms with Crippen LogP contribution in [0, 0.1) is 0 Å². The highest BCUT2D eigenvalue weighted by molar-refractivity contribution is 6.09. The normalized spacial score (nSPS) is 11.1. The molecule has 0 saturated heterocycles. The Morgan fingerprint density at radius 3 is 0.548 bits per heavy atom. The van der Waals surface area contributed by atoms with E-state index in [0.717, 1.165) is 6.42 Å². The Kier molecular flexibility index (Phi) is 12.6. The summed E-state index contributed by atoms with van der Waals surface area (Å²) >= 11 is 0. The van der Waals surface area contributed by atoms with E-state index in [1.165, 1.54) is 122 Å². The predicted molar refractivity (Wildman–Crippen MR) is 310 cm³/mol. The van der Waals surface area contributed by atoms with Gasteiger partial charge in [-0.15, -0.1) is 0 Å². The Morgan fingerprint density at radius 2 is 0.329 bits per heavy atom. The SMILES string of the molecule is c1ccc(-c2cc(-c3ccc(Cc4ccc(-c5cc(-c6ccccc6)c(-c6ccccc6)c(-c6ccccc6)c5-c5ccccc5)cc4)cc3)c(-c3ccccc3)c(-c3ccccc3)c2-c2ccccc2)cc1. The van der Waals surface area contributed by atoms with E-state index in [9.17, 15) is 0 Å². The van der Waals surface area contributed by atoms with E-state index in [2.05, 4.69) is 303 Å². The van der Waals surface area contributed by atoms with Crippen LogP contribution in [0.3, 0.4) is 0 Å². The molecule has 0 unspecified atom stereocenters. The lowest BCUT2D eigenvalue weighted by Crippen LogP contribution is -1.98. The first kappa shape index (κ1) is 44.8. The van der Waals surface area contributed by atoms with Crippen molar-refractivity contribution in [3.8, 4) is 111 Å². The van der Waals surface area contributed by atoms with Crippen LogP contribution in [0.1, 0.15) is 11.1 Å². The molecule has 0 heteroatoms. The van der Waals surface area contributed by atoms with E-state index in [4.69, 9.17) is 0 Å². The molecule has 0 fully saturated rings. The molecule has 0 saturated carbocycles. The minimum absolute atomic E-state index is 0.812. The van der Waals surface area contributed by atoms with Crippen LogP contribution in [-0.2, 0) is 6.42 Å². The highest BCUT2D eigenvalue weighted by atomic mass is 14.3. The van der Waals surface area contributed by atoms with Crippen LogP contribution < -0.4 is 0 Å². The molecule has 0 atom stereocenters. The largest absolute Gasteiger partial charge is 0.0622 e. The summed E-state index contributed by atoms with van der Waals surface area (Å²) in [6.07, 6.45) is 0.812. The predicted octanol–water partition coefficient (Wildman–Crippen LogP) is 19.9. The molecule has 12 rings (SSSR count). The summed E-state index contributed by atoms with van der Waals surface area (Å²) in [5.41, 5.74) is 26.6. The van der Waals surface area contributed by atoms with Gasteiger partial charge < -0.3 is 0 Å². The average Bonchev–Trinajstić information content (AvgIpc) is 3.48. The average molecular weight is 929 g/mol. The van der Waals surface area contributed by atoms with E-state index in [-0.39, 0.29) is 0 Å². The number of benzene rings is 12. The van der Waals surface area contributed by atoms with E-state index in [1.54, 1.807) is 0 Å². The molecule has 0 aromatic heterocycles. The van der Waals surface area contributed by atoms with Crippen LogP contribution in [0.5, 0.6) is 0 Å². The molecule has 344 valence electrons. The maximum atomic E-state index is 2.43. The summed E-state index contributed by atoms with van der Waals surface area (Å²) in [5.74, 6) is 0. The highest BCUT2D eigenvalue weighted by Gasteiger charge is 2.25. The van der Waals surface area contributed by atoms with Crippen molar-refractivity contribution in [2.45, 2.75) is 6.42 Å². The van der Waals surface area contributed by atoms with Gasteiger partial charge in [0.1, 0.15) is 0 Å². The van der Waals surface area contributed by atoms with Gasteiger partial charge in [0.05, 0.1) is 0 Å². The van der Waals surface area contributed by atoms with E-state index in [1.807, 2.05) is 0 Å². The van der Waals surface area contributed by atoms with Gasteiger partial charge in [-0.05, 0) is 141 Å². The molecule has 12 aromatic rings. The third-order valence-electron chi connectivity index (χ3n) is 14.1. The summed E-state index contributed by atoms with van der Waals surface area (Å²) < 4.78 is 0. The molecule has 12 aromatic carbocycles. The minimum Gasteiger partial charge on any atom is -0.0622 e. The lowest BCUT2D eigenvalue weighted by Gasteiger charge is -2.24. The Hall–Kier alpha value is -9.36. The van der Waals surface area contributed by atoms with Gasteiger partial charge in [0.25, 0.3) is 0 Å². The molecule has 0 aliphatic carbocycles. The molecule has 0 nitrogen and oxygen atoms in total. The van der Waals surface area contributed by atoms with Crippen molar-refractivity contribution in [2.75, 3.05) is 0 Å². The Balaban J connectivity index is 0.973. The van der Waals surface area contributed by atoms with Gasteiger partial charge in [0.2, 0.25) is 0 Å². The zero-order valence-electron chi connectivity index (χ0n) is 40.6. The fraction of sp³-hybridized carbons (Fsp3) is 0.0137. The molecule has 0 N–H and O–H groups in total. The second-order valence-electron chi connectivity index (χ2n) is 18.7. The van der Waals surface area contributed by atoms with Crippen molar-refractivity contribution in [3.05, 3.63) is 314 Å². The second-order valence-corrected chi connectivity index (χ2v) is 18.7. The number of rotatable bonds is 12. The van der Waals surface area contributed by atoms with Crippen molar-refractivity contribution in [1.82, 2.24) is 0 Å². The van der Waals surface area contributed by atoms with Crippen LogP contribution >= 0.6 is 0 Å². The maximum absolute atomic E-state index is 2.43. The van der Waals surface area contributed by atoms with Gasteiger partial charge in [-0.1, -0.05) is 291 Å². The zero-order chi connectivity index (χ0) is 48.8. The fourth-order valence-electron chi connectivity index (χ4n) is 10.8. The van der Waals surface area contributed by atoms with Gasteiger partial charge in [-0.25, -0.2) is 0 Å². The van der Waals surface area contributed by atoms with Gasteiger partial charge in [-0.3, -0.25) is 0 Å². The molecule has 0 amide bonds. The second kappa shape index (κ2) is 20.5. The summed E-state index contributed by atoms with van der Waals surface area (Å²) in [5, 5.41) is 0. The summed E-state index contributed by atoms with van der Waals surface area (Å²) in [7, 11) is 0. The van der Waals surface area contributed by atoms with Crippen LogP contribution in [0.2, 0.25) is 0 Å². The molecule has 0 heterocycles. The molecular weight excluding hydrogens is 877 g/mol. The lowest BCUT2D eigenvalue weighted by atomic mass is 9.78. The molecule has 0 radical (unpaired) electrons. The Labute approximate surface area is 429 Å². The van der Waals surface area contributed by atoms with Gasteiger partial charge in [0, 0.05) is 0 Å². The Bertz CT molecular complexity index is 3500. The number of hydrogen-bond acceptors (Lipinski definition) is 0. The van der Waals surface area contributed by atoms with Gasteiger partial charge >= 0.3 is 0 Å². The monoisotopic (exact) mass is 928 g/mol. The molecule has 73 heavy (non-hydrogen) atoms. The first-order chi connectivity index (χ1) is 36.2. The third kappa shape index (κ3) is 9.15. The molecule has 0 spiro atoms. The molecule has 0 aliphatic heterocycles. The first-order valence-electron chi connectivity index (χ1n) is 25.3. The van der Waals surface area contributed by atoms with Crippen molar-refractivity contribution >= 4 is 0 Å². The molecular formula is C73H52. The zero-order valence-corrected chi connectivity index (χ0v) is 40.6.